The second kappa shape index (κ2) is 6.09. The van der Waals surface area contributed by atoms with Crippen molar-refractivity contribution >= 4 is 5.97 Å². The summed E-state index contributed by atoms with van der Waals surface area (Å²) in [5.74, 6) is -0.879. The van der Waals surface area contributed by atoms with E-state index in [2.05, 4.69) is 0 Å². The van der Waals surface area contributed by atoms with Crippen LogP contribution in [0.1, 0.15) is 17.8 Å². The molecule has 1 aromatic carbocycles. The van der Waals surface area contributed by atoms with E-state index in [1.807, 2.05) is 0 Å². The Labute approximate surface area is 79.9 Å². The van der Waals surface area contributed by atoms with Crippen molar-refractivity contribution in [3.05, 3.63) is 35.9 Å². The molecule has 0 radical (unpaired) electrons. The maximum Gasteiger partial charge on any atom is 0.335 e. The number of benzene rings is 1. The van der Waals surface area contributed by atoms with E-state index in [4.69, 9.17) is 5.11 Å². The van der Waals surface area contributed by atoms with Crippen LogP contribution < -0.4 is 0 Å². The van der Waals surface area contributed by atoms with Crippen molar-refractivity contribution in [3.63, 3.8) is 0 Å². The van der Waals surface area contributed by atoms with Gasteiger partial charge in [-0.05, 0) is 12.1 Å². The first-order valence-electron chi connectivity index (χ1n) is 2.59. The van der Waals surface area contributed by atoms with Crippen LogP contribution in [0.4, 0.5) is 0 Å². The van der Waals surface area contributed by atoms with Gasteiger partial charge in [0, 0.05) is 20.4 Å². The summed E-state index contributed by atoms with van der Waals surface area (Å²) in [5, 5.41) is 8.38. The number of carboxylic acid groups (broad SMARTS) is 1. The number of aromatic carboxylic acids is 1. The van der Waals surface area contributed by atoms with Crippen molar-refractivity contribution in [1.29, 1.82) is 0 Å². The van der Waals surface area contributed by atoms with Gasteiger partial charge in [-0.2, -0.15) is 0 Å². The van der Waals surface area contributed by atoms with Gasteiger partial charge in [0.2, 0.25) is 0 Å². The van der Waals surface area contributed by atoms with Crippen LogP contribution >= 0.6 is 0 Å². The molecule has 0 heterocycles. The summed E-state index contributed by atoms with van der Waals surface area (Å²) in [5.41, 5.74) is 0.331. The normalized spacial score (nSPS) is 7.27. The van der Waals surface area contributed by atoms with Crippen LogP contribution in [0.2, 0.25) is 0 Å². The number of carboxylic acids is 1. The summed E-state index contributed by atoms with van der Waals surface area (Å²) in [6.45, 7) is 0. The van der Waals surface area contributed by atoms with Crippen molar-refractivity contribution in [3.8, 4) is 0 Å². The minimum Gasteiger partial charge on any atom is -0.478 e. The van der Waals surface area contributed by atoms with Crippen molar-refractivity contribution in [2.75, 3.05) is 0 Å². The molecule has 1 rings (SSSR count). The summed E-state index contributed by atoms with van der Waals surface area (Å²) in [4.78, 5) is 10.2. The van der Waals surface area contributed by atoms with Gasteiger partial charge >= 0.3 is 5.97 Å². The van der Waals surface area contributed by atoms with Gasteiger partial charge in [-0.3, -0.25) is 0 Å². The Morgan fingerprint density at radius 1 is 1.18 bits per heavy atom. The maximum absolute atomic E-state index is 10.2. The standard InChI is InChI=1S/C7H6O2.CH4.Pd/c8-7(9)6-4-2-1-3-5-6;;/h1-5H,(H,8,9);1H4;. The molecule has 0 aliphatic rings. The van der Waals surface area contributed by atoms with Crippen LogP contribution in [0.15, 0.2) is 30.3 Å². The maximum atomic E-state index is 10.2. The predicted molar refractivity (Wildman–Crippen MR) is 40.1 cm³/mol. The molecular weight excluding hydrogens is 235 g/mol. The molecule has 0 aliphatic heterocycles. The molecule has 0 fully saturated rings. The molecular formula is C8H10O2Pd. The van der Waals surface area contributed by atoms with Crippen LogP contribution in [-0.4, -0.2) is 11.1 Å². The second-order valence-electron chi connectivity index (χ2n) is 1.67. The molecule has 3 heteroatoms. The van der Waals surface area contributed by atoms with Crippen LogP contribution in [0.25, 0.3) is 0 Å². The largest absolute Gasteiger partial charge is 0.478 e. The first-order chi connectivity index (χ1) is 4.30. The third kappa shape index (κ3) is 3.92. The molecule has 11 heavy (non-hydrogen) atoms. The van der Waals surface area contributed by atoms with E-state index in [-0.39, 0.29) is 27.8 Å². The van der Waals surface area contributed by atoms with Gasteiger partial charge in [-0.15, -0.1) is 0 Å². The zero-order valence-electron chi connectivity index (χ0n) is 5.06. The fraction of sp³-hybridized carbons (Fsp3) is 0.125. The van der Waals surface area contributed by atoms with E-state index in [0.717, 1.165) is 0 Å². The number of rotatable bonds is 1. The molecule has 0 saturated carbocycles. The summed E-state index contributed by atoms with van der Waals surface area (Å²) in [6.07, 6.45) is 0. The first kappa shape index (κ1) is 13.0. The number of hydrogen-bond acceptors (Lipinski definition) is 1. The van der Waals surface area contributed by atoms with Gasteiger partial charge in [0.05, 0.1) is 5.56 Å². The predicted octanol–water partition coefficient (Wildman–Crippen LogP) is 2.02. The smallest absolute Gasteiger partial charge is 0.335 e. The molecule has 0 amide bonds. The van der Waals surface area contributed by atoms with Crippen molar-refractivity contribution in [1.82, 2.24) is 0 Å². The fourth-order valence-electron chi connectivity index (χ4n) is 0.581. The van der Waals surface area contributed by atoms with Crippen molar-refractivity contribution < 1.29 is 30.3 Å². The van der Waals surface area contributed by atoms with Gasteiger partial charge in [0.1, 0.15) is 0 Å². The Balaban J connectivity index is 0. The molecule has 0 bridgehead atoms. The molecule has 0 aliphatic carbocycles. The Bertz CT molecular complexity index is 209. The van der Waals surface area contributed by atoms with Crippen molar-refractivity contribution in [2.24, 2.45) is 0 Å². The SMILES string of the molecule is C.O=C(O)c1ccccc1.[Pd]. The van der Waals surface area contributed by atoms with Crippen molar-refractivity contribution in [2.45, 2.75) is 7.43 Å². The quantitative estimate of drug-likeness (QED) is 0.768. The van der Waals surface area contributed by atoms with E-state index in [1.165, 1.54) is 0 Å². The Hall–Kier alpha value is -0.648. The zero-order valence-corrected chi connectivity index (χ0v) is 6.61. The zero-order chi connectivity index (χ0) is 6.69. The third-order valence-electron chi connectivity index (χ3n) is 1.02. The Kier molecular flexibility index (Phi) is 7.18. The average Bonchev–Trinajstić information content (AvgIpc) is 1.90. The minimum absolute atomic E-state index is 0. The molecule has 64 valence electrons. The number of hydrogen-bond donors (Lipinski definition) is 1. The second-order valence-corrected chi connectivity index (χ2v) is 1.67. The monoisotopic (exact) mass is 244 g/mol. The minimum atomic E-state index is -0.879. The van der Waals surface area contributed by atoms with E-state index in [0.29, 0.717) is 5.56 Å². The molecule has 0 atom stereocenters. The van der Waals surface area contributed by atoms with Gasteiger partial charge in [-0.25, -0.2) is 4.79 Å². The van der Waals surface area contributed by atoms with Crippen LogP contribution in [0.3, 0.4) is 0 Å². The fourth-order valence-corrected chi connectivity index (χ4v) is 0.581. The van der Waals surface area contributed by atoms with Gasteiger partial charge < -0.3 is 5.11 Å². The summed E-state index contributed by atoms with van der Waals surface area (Å²) in [6, 6.07) is 8.30. The van der Waals surface area contributed by atoms with E-state index < -0.39 is 5.97 Å². The average molecular weight is 245 g/mol. The Morgan fingerprint density at radius 2 is 1.64 bits per heavy atom. The molecule has 1 N–H and O–H groups in total. The molecule has 0 spiro atoms. The van der Waals surface area contributed by atoms with Gasteiger partial charge in [0.15, 0.2) is 0 Å². The molecule has 2 nitrogen and oxygen atoms in total. The first-order valence-corrected chi connectivity index (χ1v) is 2.59. The summed E-state index contributed by atoms with van der Waals surface area (Å²) >= 11 is 0. The molecule has 0 aromatic heterocycles. The molecule has 0 saturated heterocycles. The van der Waals surface area contributed by atoms with Crippen LogP contribution in [0.5, 0.6) is 0 Å². The van der Waals surface area contributed by atoms with Crippen LogP contribution in [-0.2, 0) is 20.4 Å². The summed E-state index contributed by atoms with van der Waals surface area (Å²) < 4.78 is 0. The van der Waals surface area contributed by atoms with E-state index in [1.54, 1.807) is 30.3 Å². The Morgan fingerprint density at radius 3 is 1.91 bits per heavy atom. The third-order valence-corrected chi connectivity index (χ3v) is 1.02. The van der Waals surface area contributed by atoms with Gasteiger partial charge in [-0.1, -0.05) is 25.6 Å². The summed E-state index contributed by atoms with van der Waals surface area (Å²) in [7, 11) is 0. The van der Waals surface area contributed by atoms with E-state index >= 15 is 0 Å². The van der Waals surface area contributed by atoms with E-state index in [9.17, 15) is 4.79 Å². The topological polar surface area (TPSA) is 37.3 Å². The molecule has 0 unspecified atom stereocenters. The van der Waals surface area contributed by atoms with Gasteiger partial charge in [0.25, 0.3) is 0 Å². The molecule has 1 aromatic rings. The number of carbonyl (C=O) groups is 1. The van der Waals surface area contributed by atoms with Crippen LogP contribution in [0, 0.1) is 0 Å².